The van der Waals surface area contributed by atoms with Crippen molar-refractivity contribution in [1.29, 1.82) is 0 Å². The van der Waals surface area contributed by atoms with Crippen LogP contribution < -0.4 is 5.32 Å². The van der Waals surface area contributed by atoms with Crippen molar-refractivity contribution in [1.82, 2.24) is 5.32 Å². The van der Waals surface area contributed by atoms with Crippen LogP contribution in [0, 0.1) is 0 Å². The average Bonchev–Trinajstić information content (AvgIpc) is 3.73. The summed E-state index contributed by atoms with van der Waals surface area (Å²) in [5, 5.41) is 76.6. The number of hydrogen-bond donors (Lipinski definition) is 8. The van der Waals surface area contributed by atoms with Crippen molar-refractivity contribution < 1.29 is 50.0 Å². The molecule has 1 fully saturated rings. The van der Waals surface area contributed by atoms with Crippen LogP contribution in [0.4, 0.5) is 0 Å². The Morgan fingerprint density at radius 1 is 0.386 bits per heavy atom. The number of amides is 1. The predicted molar refractivity (Wildman–Crippen MR) is 372 cm³/mol. The molecule has 0 aromatic carbocycles. The first-order valence-electron chi connectivity index (χ1n) is 38.7. The summed E-state index contributed by atoms with van der Waals surface area (Å²) in [7, 11) is 0. The molecule has 0 aromatic heterocycles. The summed E-state index contributed by atoms with van der Waals surface area (Å²) in [5.74, 6) is -0.702. The maximum absolute atomic E-state index is 13.3. The van der Waals surface area contributed by atoms with E-state index < -0.39 is 74.2 Å². The quantitative estimate of drug-likeness (QED) is 0.0215. The molecule has 1 saturated heterocycles. The van der Waals surface area contributed by atoms with Crippen molar-refractivity contribution in [2.24, 2.45) is 0 Å². The number of unbranched alkanes of at least 4 members (excludes halogenated alkanes) is 53. The van der Waals surface area contributed by atoms with Gasteiger partial charge in [0.05, 0.1) is 25.4 Å². The Morgan fingerprint density at radius 2 is 0.682 bits per heavy atom. The first-order chi connectivity index (χ1) is 43.2. The Kier molecular flexibility index (Phi) is 63.1. The van der Waals surface area contributed by atoms with Gasteiger partial charge in [-0.15, -0.1) is 0 Å². The minimum atomic E-state index is -1.67. The first-order valence-corrected chi connectivity index (χ1v) is 38.7. The topological polar surface area (TPSA) is 189 Å². The summed E-state index contributed by atoms with van der Waals surface area (Å²) in [4.78, 5) is 13.3. The van der Waals surface area contributed by atoms with Gasteiger partial charge in [-0.05, 0) is 51.4 Å². The van der Waals surface area contributed by atoms with E-state index in [1.54, 1.807) is 0 Å². The molecule has 1 aliphatic heterocycles. The second-order valence-electron chi connectivity index (χ2n) is 27.4. The molecule has 1 rings (SSSR count). The van der Waals surface area contributed by atoms with Gasteiger partial charge in [0.25, 0.3) is 0 Å². The van der Waals surface area contributed by atoms with Crippen LogP contribution in [0.15, 0.2) is 24.3 Å². The molecule has 88 heavy (non-hydrogen) atoms. The fourth-order valence-corrected chi connectivity index (χ4v) is 12.8. The van der Waals surface area contributed by atoms with Crippen LogP contribution in [0.25, 0.3) is 0 Å². The van der Waals surface area contributed by atoms with E-state index in [0.29, 0.717) is 19.3 Å². The zero-order chi connectivity index (χ0) is 63.9. The fourth-order valence-electron chi connectivity index (χ4n) is 12.8. The van der Waals surface area contributed by atoms with Gasteiger partial charge in [-0.2, -0.15) is 0 Å². The summed E-state index contributed by atoms with van der Waals surface area (Å²) >= 11 is 0. The number of hydrogen-bond acceptors (Lipinski definition) is 10. The molecule has 0 aromatic rings. The Bertz CT molecular complexity index is 1480. The van der Waals surface area contributed by atoms with Crippen LogP contribution in [0.1, 0.15) is 393 Å². The van der Waals surface area contributed by atoms with Crippen molar-refractivity contribution in [2.75, 3.05) is 13.2 Å². The standard InChI is InChI=1S/C77H149NO10/c1-3-5-7-9-11-13-15-17-19-21-23-25-27-29-31-33-35-37-38-40-42-44-46-48-50-52-54-56-58-60-62-64-69(80)72(82)68(67-87-77-75(85)74(84)73(83)71(66-79)88-77)78-76(86)70(81)65-63-61-59-57-55-53-51-49-47-45-43-41-39-36-34-32-30-28-26-24-22-20-18-16-14-12-10-8-6-4-2/h48,50,56,58,68-75,77,79-85H,3-47,49,51-55,57,59-67H2,1-2H3,(H,78,86)/b50-48+,58-56+. The van der Waals surface area contributed by atoms with Crippen molar-refractivity contribution in [2.45, 2.75) is 448 Å². The van der Waals surface area contributed by atoms with E-state index >= 15 is 0 Å². The summed E-state index contributed by atoms with van der Waals surface area (Å²) in [6.07, 6.45) is 73.0. The lowest BCUT2D eigenvalue weighted by molar-refractivity contribution is -0.303. The van der Waals surface area contributed by atoms with Crippen molar-refractivity contribution in [3.63, 3.8) is 0 Å². The average molecular weight is 1250 g/mol. The summed E-state index contributed by atoms with van der Waals surface area (Å²) in [6.45, 7) is 3.51. The highest BCUT2D eigenvalue weighted by Gasteiger charge is 2.44. The fraction of sp³-hybridized carbons (Fsp3) is 0.935. The maximum atomic E-state index is 13.3. The van der Waals surface area contributed by atoms with Crippen molar-refractivity contribution >= 4 is 5.91 Å². The van der Waals surface area contributed by atoms with Crippen molar-refractivity contribution in [3.05, 3.63) is 24.3 Å². The van der Waals surface area contributed by atoms with Gasteiger partial charge in [0.15, 0.2) is 6.29 Å². The molecule has 9 atom stereocenters. The third kappa shape index (κ3) is 52.0. The van der Waals surface area contributed by atoms with Gasteiger partial charge in [0.1, 0.15) is 36.6 Å². The number of carbonyl (C=O) groups is 1. The van der Waals surface area contributed by atoms with Gasteiger partial charge in [-0.1, -0.05) is 366 Å². The second kappa shape index (κ2) is 65.6. The minimum Gasteiger partial charge on any atom is -0.394 e. The van der Waals surface area contributed by atoms with Crippen LogP contribution in [0.2, 0.25) is 0 Å². The molecule has 0 saturated carbocycles. The molecule has 0 aliphatic carbocycles. The van der Waals surface area contributed by atoms with Crippen LogP contribution >= 0.6 is 0 Å². The zero-order valence-electron chi connectivity index (χ0n) is 58.0. The molecule has 1 heterocycles. The molecule has 522 valence electrons. The lowest BCUT2D eigenvalue weighted by atomic mass is 9.98. The van der Waals surface area contributed by atoms with Crippen molar-refractivity contribution in [3.8, 4) is 0 Å². The molecule has 0 spiro atoms. The lowest BCUT2D eigenvalue weighted by Gasteiger charge is -2.40. The Morgan fingerprint density at radius 3 is 1.01 bits per heavy atom. The summed E-state index contributed by atoms with van der Waals surface area (Å²) in [6, 6.07) is -1.19. The molecule has 1 aliphatic rings. The first kappa shape index (κ1) is 84.6. The SMILES string of the molecule is CCCCCCCCCCCCCCCCCCCCCCCC/C=C/CC/C=C/CCCC(O)C(O)C(COC1OC(CO)C(O)C(O)C1O)NC(=O)C(O)CCCCCCCCCCCCCCCCCCCCCCCCCCCCCCCC. The number of rotatable bonds is 69. The Balaban J connectivity index is 2.17. The summed E-state index contributed by atoms with van der Waals surface area (Å²) < 4.78 is 11.2. The predicted octanol–water partition coefficient (Wildman–Crippen LogP) is 19.5. The van der Waals surface area contributed by atoms with Crippen LogP contribution in [0.5, 0.6) is 0 Å². The maximum Gasteiger partial charge on any atom is 0.249 e. The third-order valence-electron chi connectivity index (χ3n) is 19.0. The van der Waals surface area contributed by atoms with Gasteiger partial charge in [-0.25, -0.2) is 0 Å². The number of ether oxygens (including phenoxy) is 2. The number of nitrogens with one attached hydrogen (secondary N) is 1. The molecule has 0 radical (unpaired) electrons. The largest absolute Gasteiger partial charge is 0.394 e. The lowest BCUT2D eigenvalue weighted by Crippen LogP contribution is -2.60. The highest BCUT2D eigenvalue weighted by molar-refractivity contribution is 5.80. The molecule has 9 unspecified atom stereocenters. The third-order valence-corrected chi connectivity index (χ3v) is 19.0. The van der Waals surface area contributed by atoms with E-state index in [1.165, 1.54) is 308 Å². The second-order valence-corrected chi connectivity index (χ2v) is 27.4. The summed E-state index contributed by atoms with van der Waals surface area (Å²) in [5.41, 5.74) is 0. The van der Waals surface area contributed by atoms with E-state index in [4.69, 9.17) is 9.47 Å². The van der Waals surface area contributed by atoms with E-state index in [2.05, 4.69) is 43.5 Å². The number of allylic oxidation sites excluding steroid dienone is 4. The normalized spacial score (nSPS) is 18.7. The van der Waals surface area contributed by atoms with E-state index in [-0.39, 0.29) is 12.8 Å². The minimum absolute atomic E-state index is 0.250. The molecule has 1 amide bonds. The van der Waals surface area contributed by atoms with Gasteiger partial charge in [0, 0.05) is 0 Å². The van der Waals surface area contributed by atoms with Crippen LogP contribution in [0.3, 0.4) is 0 Å². The van der Waals surface area contributed by atoms with Gasteiger partial charge in [-0.3, -0.25) is 4.79 Å². The molecular weight excluding hydrogens is 1100 g/mol. The molecular formula is C77H149NO10. The smallest absolute Gasteiger partial charge is 0.249 e. The van der Waals surface area contributed by atoms with Crippen LogP contribution in [-0.4, -0.2) is 110 Å². The Hall–Kier alpha value is -1.41. The van der Waals surface area contributed by atoms with Gasteiger partial charge >= 0.3 is 0 Å². The molecule has 11 heteroatoms. The monoisotopic (exact) mass is 1250 g/mol. The molecule has 0 bridgehead atoms. The van der Waals surface area contributed by atoms with E-state index in [9.17, 15) is 40.5 Å². The van der Waals surface area contributed by atoms with Gasteiger partial charge in [0.2, 0.25) is 5.91 Å². The Labute approximate surface area is 544 Å². The molecule has 11 nitrogen and oxygen atoms in total. The number of aliphatic hydroxyl groups is 7. The van der Waals surface area contributed by atoms with Gasteiger partial charge < -0.3 is 50.5 Å². The molecule has 8 N–H and O–H groups in total. The number of aliphatic hydroxyl groups excluding tert-OH is 7. The van der Waals surface area contributed by atoms with E-state index in [0.717, 1.165) is 38.5 Å². The number of carbonyl (C=O) groups excluding carboxylic acids is 1. The van der Waals surface area contributed by atoms with E-state index in [1.807, 2.05) is 0 Å². The highest BCUT2D eigenvalue weighted by Crippen LogP contribution is 2.24. The highest BCUT2D eigenvalue weighted by atomic mass is 16.7. The van der Waals surface area contributed by atoms with Crippen LogP contribution in [-0.2, 0) is 14.3 Å². The zero-order valence-corrected chi connectivity index (χ0v) is 58.0.